The molecule has 1 aromatic heterocycles. The Balaban J connectivity index is 1.95. The molecule has 6 heteroatoms. The van der Waals surface area contributed by atoms with Crippen molar-refractivity contribution in [1.82, 2.24) is 14.7 Å². The molecular weight excluding hydrogens is 282 g/mol. The Labute approximate surface area is 132 Å². The third-order valence-corrected chi connectivity index (χ3v) is 3.79. The molecule has 1 aliphatic rings. The van der Waals surface area contributed by atoms with E-state index in [-0.39, 0.29) is 17.6 Å². The van der Waals surface area contributed by atoms with E-state index in [1.807, 2.05) is 18.5 Å². The first-order chi connectivity index (χ1) is 10.3. The van der Waals surface area contributed by atoms with Gasteiger partial charge in [-0.15, -0.1) is 0 Å². The molecule has 1 fully saturated rings. The predicted octanol–water partition coefficient (Wildman–Crippen LogP) is 1.82. The zero-order valence-corrected chi connectivity index (χ0v) is 14.3. The summed E-state index contributed by atoms with van der Waals surface area (Å²) >= 11 is 0. The second kappa shape index (κ2) is 6.79. The molecule has 1 saturated heterocycles. The lowest BCUT2D eigenvalue weighted by Crippen LogP contribution is -2.41. The summed E-state index contributed by atoms with van der Waals surface area (Å²) in [4.78, 5) is 14.6. The highest BCUT2D eigenvalue weighted by atomic mass is 16.5. The van der Waals surface area contributed by atoms with E-state index in [0.717, 1.165) is 38.5 Å². The fraction of sp³-hybridized carbons (Fsp3) is 0.750. The standard InChI is InChI=1S/C16H27N3O3/c1-12(11-18-6-8-21-9-7-18)22-15(20)14-10-17-19(13(14)2)16(3,4)5/h10,12H,6-9,11H2,1-5H3. The zero-order chi connectivity index (χ0) is 16.3. The number of carbonyl (C=O) groups is 1. The van der Waals surface area contributed by atoms with Gasteiger partial charge in [0.25, 0.3) is 0 Å². The molecule has 22 heavy (non-hydrogen) atoms. The lowest BCUT2D eigenvalue weighted by Gasteiger charge is -2.28. The van der Waals surface area contributed by atoms with Gasteiger partial charge in [-0.2, -0.15) is 5.10 Å². The molecule has 0 N–H and O–H groups in total. The third-order valence-electron chi connectivity index (χ3n) is 3.79. The van der Waals surface area contributed by atoms with E-state index in [2.05, 4.69) is 30.8 Å². The first-order valence-electron chi connectivity index (χ1n) is 7.85. The lowest BCUT2D eigenvalue weighted by atomic mass is 10.1. The number of carbonyl (C=O) groups excluding carboxylic acids is 1. The van der Waals surface area contributed by atoms with Gasteiger partial charge in [0.15, 0.2) is 0 Å². The monoisotopic (exact) mass is 309 g/mol. The van der Waals surface area contributed by atoms with E-state index in [4.69, 9.17) is 9.47 Å². The fourth-order valence-corrected chi connectivity index (χ4v) is 2.72. The van der Waals surface area contributed by atoms with Crippen LogP contribution in [0.3, 0.4) is 0 Å². The Bertz CT molecular complexity index is 513. The average Bonchev–Trinajstić information content (AvgIpc) is 2.81. The second-order valence-corrected chi connectivity index (χ2v) is 6.86. The molecule has 1 aliphatic heterocycles. The Morgan fingerprint density at radius 2 is 2.05 bits per heavy atom. The second-order valence-electron chi connectivity index (χ2n) is 6.86. The van der Waals surface area contributed by atoms with Gasteiger partial charge in [-0.25, -0.2) is 4.79 Å². The highest BCUT2D eigenvalue weighted by Gasteiger charge is 2.24. The summed E-state index contributed by atoms with van der Waals surface area (Å²) in [6.07, 6.45) is 1.45. The number of rotatable bonds is 4. The summed E-state index contributed by atoms with van der Waals surface area (Å²) in [7, 11) is 0. The molecule has 0 radical (unpaired) electrons. The van der Waals surface area contributed by atoms with E-state index >= 15 is 0 Å². The number of ether oxygens (including phenoxy) is 2. The number of morpholine rings is 1. The van der Waals surface area contributed by atoms with Crippen molar-refractivity contribution in [1.29, 1.82) is 0 Å². The third kappa shape index (κ3) is 4.08. The van der Waals surface area contributed by atoms with Crippen molar-refractivity contribution in [3.05, 3.63) is 17.5 Å². The summed E-state index contributed by atoms with van der Waals surface area (Å²) in [6, 6.07) is 0. The van der Waals surface area contributed by atoms with Crippen LogP contribution < -0.4 is 0 Å². The van der Waals surface area contributed by atoms with Gasteiger partial charge in [0.05, 0.1) is 30.6 Å². The zero-order valence-electron chi connectivity index (χ0n) is 14.3. The van der Waals surface area contributed by atoms with Gasteiger partial charge in [-0.3, -0.25) is 9.58 Å². The minimum atomic E-state index is -0.297. The maximum atomic E-state index is 12.3. The Morgan fingerprint density at radius 3 is 2.59 bits per heavy atom. The minimum Gasteiger partial charge on any atom is -0.458 e. The van der Waals surface area contributed by atoms with Crippen LogP contribution >= 0.6 is 0 Å². The van der Waals surface area contributed by atoms with Gasteiger partial charge in [0, 0.05) is 19.6 Å². The molecule has 0 aliphatic carbocycles. The number of esters is 1. The topological polar surface area (TPSA) is 56.6 Å². The van der Waals surface area contributed by atoms with Gasteiger partial charge >= 0.3 is 5.97 Å². The van der Waals surface area contributed by atoms with Crippen molar-refractivity contribution in [3.8, 4) is 0 Å². The van der Waals surface area contributed by atoms with Crippen molar-refractivity contribution in [2.24, 2.45) is 0 Å². The molecule has 6 nitrogen and oxygen atoms in total. The van der Waals surface area contributed by atoms with Crippen molar-refractivity contribution in [3.63, 3.8) is 0 Å². The average molecular weight is 309 g/mol. The summed E-state index contributed by atoms with van der Waals surface area (Å²) in [6.45, 7) is 14.0. The number of nitrogens with zero attached hydrogens (tertiary/aromatic N) is 3. The van der Waals surface area contributed by atoms with Gasteiger partial charge in [0.2, 0.25) is 0 Å². The van der Waals surface area contributed by atoms with Gasteiger partial charge < -0.3 is 9.47 Å². The molecule has 0 saturated carbocycles. The quantitative estimate of drug-likeness (QED) is 0.794. The van der Waals surface area contributed by atoms with Crippen molar-refractivity contribution >= 4 is 5.97 Å². The summed E-state index contributed by atoms with van der Waals surface area (Å²) in [5.41, 5.74) is 1.24. The summed E-state index contributed by atoms with van der Waals surface area (Å²) in [5.74, 6) is -0.297. The Kier molecular flexibility index (Phi) is 5.24. The van der Waals surface area contributed by atoms with E-state index < -0.39 is 0 Å². The first kappa shape index (κ1) is 17.0. The highest BCUT2D eigenvalue weighted by molar-refractivity contribution is 5.90. The molecule has 2 heterocycles. The summed E-state index contributed by atoms with van der Waals surface area (Å²) in [5, 5.41) is 4.32. The minimum absolute atomic E-state index is 0.150. The molecule has 0 aromatic carbocycles. The van der Waals surface area contributed by atoms with Crippen LogP contribution in [0.15, 0.2) is 6.20 Å². The molecular formula is C16H27N3O3. The van der Waals surface area contributed by atoms with Crippen LogP contribution in [0, 0.1) is 6.92 Å². The maximum Gasteiger partial charge on any atom is 0.341 e. The van der Waals surface area contributed by atoms with E-state index in [1.165, 1.54) is 0 Å². The van der Waals surface area contributed by atoms with Crippen LogP contribution in [0.25, 0.3) is 0 Å². The molecule has 0 amide bonds. The lowest BCUT2D eigenvalue weighted by molar-refractivity contribution is 0.000398. The molecule has 1 unspecified atom stereocenters. The number of hydrogen-bond donors (Lipinski definition) is 0. The molecule has 1 aromatic rings. The van der Waals surface area contributed by atoms with Crippen molar-refractivity contribution in [2.75, 3.05) is 32.8 Å². The van der Waals surface area contributed by atoms with E-state index in [0.29, 0.717) is 5.56 Å². The molecule has 2 rings (SSSR count). The van der Waals surface area contributed by atoms with Gasteiger partial charge in [-0.1, -0.05) is 0 Å². The number of aromatic nitrogens is 2. The SMILES string of the molecule is Cc1c(C(=O)OC(C)CN2CCOCC2)cnn1C(C)(C)C. The van der Waals surface area contributed by atoms with E-state index in [1.54, 1.807) is 6.20 Å². The fourth-order valence-electron chi connectivity index (χ4n) is 2.72. The Hall–Kier alpha value is -1.40. The normalized spacial score (nSPS) is 18.2. The largest absolute Gasteiger partial charge is 0.458 e. The smallest absolute Gasteiger partial charge is 0.341 e. The van der Waals surface area contributed by atoms with Crippen LogP contribution in [-0.4, -0.2) is 59.6 Å². The summed E-state index contributed by atoms with van der Waals surface area (Å²) < 4.78 is 12.8. The molecule has 0 bridgehead atoms. The van der Waals surface area contributed by atoms with Crippen LogP contribution in [0.5, 0.6) is 0 Å². The van der Waals surface area contributed by atoms with Crippen LogP contribution in [0.1, 0.15) is 43.7 Å². The molecule has 0 spiro atoms. The van der Waals surface area contributed by atoms with Crippen LogP contribution in [0.2, 0.25) is 0 Å². The Morgan fingerprint density at radius 1 is 1.41 bits per heavy atom. The predicted molar refractivity (Wildman–Crippen MR) is 84.1 cm³/mol. The molecule has 124 valence electrons. The van der Waals surface area contributed by atoms with Crippen LogP contribution in [0.4, 0.5) is 0 Å². The van der Waals surface area contributed by atoms with Crippen LogP contribution in [-0.2, 0) is 15.0 Å². The van der Waals surface area contributed by atoms with Gasteiger partial charge in [-0.05, 0) is 34.6 Å². The highest BCUT2D eigenvalue weighted by Crippen LogP contribution is 2.19. The van der Waals surface area contributed by atoms with Gasteiger partial charge in [0.1, 0.15) is 11.7 Å². The first-order valence-corrected chi connectivity index (χ1v) is 7.85. The molecule has 1 atom stereocenters. The maximum absolute atomic E-state index is 12.3. The number of hydrogen-bond acceptors (Lipinski definition) is 5. The van der Waals surface area contributed by atoms with Crippen molar-refractivity contribution in [2.45, 2.75) is 46.3 Å². The van der Waals surface area contributed by atoms with Crippen molar-refractivity contribution < 1.29 is 14.3 Å². The van der Waals surface area contributed by atoms with E-state index in [9.17, 15) is 4.79 Å².